The highest BCUT2D eigenvalue weighted by Crippen LogP contribution is 2.24. The van der Waals surface area contributed by atoms with Crippen LogP contribution in [-0.4, -0.2) is 70.0 Å². The third-order valence-corrected chi connectivity index (χ3v) is 5.10. The molecule has 0 spiro atoms. The number of nitrogens with zero attached hydrogens (tertiary/aromatic N) is 2. The lowest BCUT2D eigenvalue weighted by Crippen LogP contribution is -2.42. The zero-order valence-corrected chi connectivity index (χ0v) is 14.0. The van der Waals surface area contributed by atoms with E-state index >= 15 is 0 Å². The lowest BCUT2D eigenvalue weighted by Gasteiger charge is -2.20. The van der Waals surface area contributed by atoms with Gasteiger partial charge in [0, 0.05) is 38.8 Å². The second kappa shape index (κ2) is 8.29. The molecule has 0 atom stereocenters. The SMILES string of the molecule is CC(C)NCCCN(C)S(=O)(=O)NCCN(C)C1CC1. The number of hydrogen-bond donors (Lipinski definition) is 2. The van der Waals surface area contributed by atoms with Gasteiger partial charge in [0.25, 0.3) is 10.2 Å². The van der Waals surface area contributed by atoms with Gasteiger partial charge in [-0.3, -0.25) is 0 Å². The average molecular weight is 306 g/mol. The minimum atomic E-state index is -3.33. The minimum Gasteiger partial charge on any atom is -0.314 e. The maximum Gasteiger partial charge on any atom is 0.279 e. The van der Waals surface area contributed by atoms with E-state index in [4.69, 9.17) is 0 Å². The van der Waals surface area contributed by atoms with Gasteiger partial charge >= 0.3 is 0 Å². The smallest absolute Gasteiger partial charge is 0.279 e. The lowest BCUT2D eigenvalue weighted by atomic mass is 10.3. The topological polar surface area (TPSA) is 64.7 Å². The number of nitrogens with one attached hydrogen (secondary N) is 2. The largest absolute Gasteiger partial charge is 0.314 e. The molecule has 0 bridgehead atoms. The van der Waals surface area contributed by atoms with Gasteiger partial charge in [-0.1, -0.05) is 13.8 Å². The Morgan fingerprint density at radius 1 is 1.15 bits per heavy atom. The van der Waals surface area contributed by atoms with Gasteiger partial charge in [0.05, 0.1) is 0 Å². The summed E-state index contributed by atoms with van der Waals surface area (Å²) < 4.78 is 28.1. The fraction of sp³-hybridized carbons (Fsp3) is 1.00. The first kappa shape index (κ1) is 17.8. The van der Waals surface area contributed by atoms with Crippen molar-refractivity contribution in [3.05, 3.63) is 0 Å². The highest BCUT2D eigenvalue weighted by atomic mass is 32.2. The number of rotatable bonds is 11. The van der Waals surface area contributed by atoms with E-state index in [9.17, 15) is 8.42 Å². The summed E-state index contributed by atoms with van der Waals surface area (Å²) in [5.74, 6) is 0. The maximum atomic E-state index is 12.0. The molecule has 20 heavy (non-hydrogen) atoms. The molecule has 1 saturated carbocycles. The van der Waals surface area contributed by atoms with Crippen molar-refractivity contribution >= 4 is 10.2 Å². The van der Waals surface area contributed by atoms with Crippen LogP contribution in [0.3, 0.4) is 0 Å². The van der Waals surface area contributed by atoms with Crippen molar-refractivity contribution in [3.8, 4) is 0 Å². The fourth-order valence-electron chi connectivity index (χ4n) is 1.97. The van der Waals surface area contributed by atoms with E-state index in [1.807, 2.05) is 7.05 Å². The van der Waals surface area contributed by atoms with Crippen molar-refractivity contribution in [2.75, 3.05) is 40.3 Å². The van der Waals surface area contributed by atoms with Gasteiger partial charge in [0.2, 0.25) is 0 Å². The van der Waals surface area contributed by atoms with Gasteiger partial charge in [-0.05, 0) is 32.9 Å². The maximum absolute atomic E-state index is 12.0. The molecule has 1 aliphatic rings. The first-order valence-electron chi connectivity index (χ1n) is 7.47. The number of hydrogen-bond acceptors (Lipinski definition) is 4. The van der Waals surface area contributed by atoms with Gasteiger partial charge in [-0.25, -0.2) is 4.72 Å². The molecule has 0 saturated heterocycles. The van der Waals surface area contributed by atoms with Crippen LogP contribution in [0.15, 0.2) is 0 Å². The monoisotopic (exact) mass is 306 g/mol. The summed E-state index contributed by atoms with van der Waals surface area (Å²) in [5.41, 5.74) is 0. The van der Waals surface area contributed by atoms with Crippen LogP contribution in [0.2, 0.25) is 0 Å². The molecule has 0 radical (unpaired) electrons. The Morgan fingerprint density at radius 2 is 1.80 bits per heavy atom. The van der Waals surface area contributed by atoms with Crippen molar-refractivity contribution in [1.29, 1.82) is 0 Å². The van der Waals surface area contributed by atoms with Crippen molar-refractivity contribution in [2.45, 2.75) is 45.2 Å². The van der Waals surface area contributed by atoms with Gasteiger partial charge in [-0.2, -0.15) is 12.7 Å². The molecule has 6 nitrogen and oxygen atoms in total. The summed E-state index contributed by atoms with van der Waals surface area (Å²) in [7, 11) is 0.343. The van der Waals surface area contributed by atoms with E-state index in [1.165, 1.54) is 17.1 Å². The molecule has 0 aromatic rings. The molecule has 0 amide bonds. The molecule has 0 aromatic carbocycles. The first-order chi connectivity index (χ1) is 9.33. The van der Waals surface area contributed by atoms with Crippen molar-refractivity contribution in [2.24, 2.45) is 0 Å². The molecule has 0 unspecified atom stereocenters. The standard InChI is InChI=1S/C13H30N4O2S/c1-12(2)14-8-5-10-17(4)20(18,19)15-9-11-16(3)13-6-7-13/h12-15H,5-11H2,1-4H3. The molecule has 1 fully saturated rings. The van der Waals surface area contributed by atoms with E-state index < -0.39 is 10.2 Å². The number of likely N-dealkylation sites (N-methyl/N-ethyl adjacent to an activating group) is 1. The Hall–Kier alpha value is -0.210. The Bertz CT molecular complexity index is 369. The fourth-order valence-corrected chi connectivity index (χ4v) is 2.91. The quantitative estimate of drug-likeness (QED) is 0.537. The van der Waals surface area contributed by atoms with Gasteiger partial charge < -0.3 is 10.2 Å². The van der Waals surface area contributed by atoms with Crippen molar-refractivity contribution < 1.29 is 8.42 Å². The van der Waals surface area contributed by atoms with E-state index in [1.54, 1.807) is 7.05 Å². The Kier molecular flexibility index (Phi) is 7.39. The molecule has 0 heterocycles. The van der Waals surface area contributed by atoms with Crippen LogP contribution in [0.1, 0.15) is 33.1 Å². The Labute approximate surface area is 124 Å². The first-order valence-corrected chi connectivity index (χ1v) is 8.91. The zero-order valence-electron chi connectivity index (χ0n) is 13.2. The minimum absolute atomic E-state index is 0.438. The molecule has 120 valence electrons. The summed E-state index contributed by atoms with van der Waals surface area (Å²) in [4.78, 5) is 2.22. The molecule has 1 aliphatic carbocycles. The van der Waals surface area contributed by atoms with Crippen LogP contribution in [0.5, 0.6) is 0 Å². The van der Waals surface area contributed by atoms with Crippen molar-refractivity contribution in [3.63, 3.8) is 0 Å². The highest BCUT2D eigenvalue weighted by molar-refractivity contribution is 7.87. The van der Waals surface area contributed by atoms with E-state index in [0.717, 1.165) is 19.5 Å². The van der Waals surface area contributed by atoms with E-state index in [0.29, 0.717) is 25.2 Å². The summed E-state index contributed by atoms with van der Waals surface area (Å²) in [6, 6.07) is 1.10. The lowest BCUT2D eigenvalue weighted by molar-refractivity contribution is 0.327. The van der Waals surface area contributed by atoms with Gasteiger partial charge in [0.15, 0.2) is 0 Å². The van der Waals surface area contributed by atoms with Crippen LogP contribution in [-0.2, 0) is 10.2 Å². The van der Waals surface area contributed by atoms with Crippen LogP contribution < -0.4 is 10.0 Å². The van der Waals surface area contributed by atoms with Crippen LogP contribution in [0.25, 0.3) is 0 Å². The predicted molar refractivity (Wildman–Crippen MR) is 83.0 cm³/mol. The Balaban J connectivity index is 2.17. The molecule has 7 heteroatoms. The third kappa shape index (κ3) is 6.99. The summed E-state index contributed by atoms with van der Waals surface area (Å²) in [6.45, 7) is 6.78. The summed E-state index contributed by atoms with van der Waals surface area (Å²) >= 11 is 0. The van der Waals surface area contributed by atoms with Crippen molar-refractivity contribution in [1.82, 2.24) is 19.2 Å². The normalized spacial score (nSPS) is 16.6. The average Bonchev–Trinajstić information content (AvgIpc) is 3.17. The zero-order chi connectivity index (χ0) is 15.2. The van der Waals surface area contributed by atoms with Gasteiger partial charge in [-0.15, -0.1) is 0 Å². The molecule has 1 rings (SSSR count). The molecule has 2 N–H and O–H groups in total. The van der Waals surface area contributed by atoms with Crippen LogP contribution in [0, 0.1) is 0 Å². The molecular formula is C13H30N4O2S. The van der Waals surface area contributed by atoms with E-state index in [2.05, 4.69) is 28.8 Å². The summed E-state index contributed by atoms with van der Waals surface area (Å²) in [6.07, 6.45) is 3.30. The van der Waals surface area contributed by atoms with E-state index in [-0.39, 0.29) is 0 Å². The van der Waals surface area contributed by atoms with Crippen LogP contribution >= 0.6 is 0 Å². The second-order valence-corrected chi connectivity index (χ2v) is 7.76. The second-order valence-electron chi connectivity index (χ2n) is 5.90. The third-order valence-electron chi connectivity index (χ3n) is 3.53. The Morgan fingerprint density at radius 3 is 2.35 bits per heavy atom. The summed E-state index contributed by atoms with van der Waals surface area (Å²) in [5, 5.41) is 3.28. The van der Waals surface area contributed by atoms with Gasteiger partial charge in [0.1, 0.15) is 0 Å². The molecular weight excluding hydrogens is 276 g/mol. The molecule has 0 aliphatic heterocycles. The highest BCUT2D eigenvalue weighted by Gasteiger charge is 2.26. The van der Waals surface area contributed by atoms with Crippen LogP contribution in [0.4, 0.5) is 0 Å². The molecule has 0 aromatic heterocycles. The predicted octanol–water partition coefficient (Wildman–Crippen LogP) is 0.235.